The summed E-state index contributed by atoms with van der Waals surface area (Å²) in [5.41, 5.74) is 5.87. The first-order valence-corrected chi connectivity index (χ1v) is 4.71. The predicted molar refractivity (Wildman–Crippen MR) is 53.4 cm³/mol. The molecule has 0 bridgehead atoms. The second-order valence-electron chi connectivity index (χ2n) is 2.93. The van der Waals surface area contributed by atoms with Crippen molar-refractivity contribution in [2.24, 2.45) is 5.73 Å². The fourth-order valence-corrected chi connectivity index (χ4v) is 1.58. The minimum absolute atomic E-state index is 0.117. The first-order valence-electron chi connectivity index (χ1n) is 3.92. The monoisotopic (exact) mass is 261 g/mol. The molecule has 3 nitrogen and oxygen atoms in total. The second-order valence-corrected chi connectivity index (χ2v) is 3.84. The average molecular weight is 262 g/mol. The topological polar surface area (TPSA) is 63.3 Å². The van der Waals surface area contributed by atoms with Crippen LogP contribution < -0.4 is 5.73 Å². The molecule has 0 saturated carbocycles. The lowest BCUT2D eigenvalue weighted by Crippen LogP contribution is -2.32. The molecule has 0 aromatic heterocycles. The zero-order chi connectivity index (χ0) is 10.7. The van der Waals surface area contributed by atoms with E-state index in [1.165, 1.54) is 12.1 Å². The van der Waals surface area contributed by atoms with Crippen LogP contribution in [0.5, 0.6) is 0 Å². The Hall–Kier alpha value is -0.940. The van der Waals surface area contributed by atoms with E-state index in [4.69, 9.17) is 10.8 Å². The number of carboxylic acids is 1. The van der Waals surface area contributed by atoms with Crippen molar-refractivity contribution in [1.29, 1.82) is 0 Å². The van der Waals surface area contributed by atoms with Crippen molar-refractivity contribution in [3.63, 3.8) is 0 Å². The van der Waals surface area contributed by atoms with Gasteiger partial charge >= 0.3 is 5.97 Å². The Morgan fingerprint density at radius 2 is 2.21 bits per heavy atom. The fraction of sp³-hybridized carbons (Fsp3) is 0.222. The van der Waals surface area contributed by atoms with Gasteiger partial charge in [0.05, 0.1) is 0 Å². The normalized spacial score (nSPS) is 12.5. The van der Waals surface area contributed by atoms with Gasteiger partial charge in [0.15, 0.2) is 0 Å². The molecule has 1 unspecified atom stereocenters. The van der Waals surface area contributed by atoms with Gasteiger partial charge in [-0.3, -0.25) is 4.79 Å². The number of halogens is 2. The average Bonchev–Trinajstić information content (AvgIpc) is 2.01. The van der Waals surface area contributed by atoms with Gasteiger partial charge in [0.25, 0.3) is 0 Å². The number of benzene rings is 1. The molecule has 0 spiro atoms. The number of carboxylic acid groups (broad SMARTS) is 1. The summed E-state index contributed by atoms with van der Waals surface area (Å²) in [5, 5.41) is 8.55. The third-order valence-corrected chi connectivity index (χ3v) is 2.15. The lowest BCUT2D eigenvalue weighted by Gasteiger charge is -2.06. The number of rotatable bonds is 3. The summed E-state index contributed by atoms with van der Waals surface area (Å²) in [6.45, 7) is 0. The summed E-state index contributed by atoms with van der Waals surface area (Å²) in [4.78, 5) is 10.4. The highest BCUT2D eigenvalue weighted by molar-refractivity contribution is 9.10. The maximum Gasteiger partial charge on any atom is 0.320 e. The summed E-state index contributed by atoms with van der Waals surface area (Å²) in [6.07, 6.45) is 0.117. The largest absolute Gasteiger partial charge is 0.480 e. The Morgan fingerprint density at radius 1 is 1.57 bits per heavy atom. The molecule has 1 aromatic carbocycles. The van der Waals surface area contributed by atoms with E-state index < -0.39 is 17.8 Å². The Bertz CT molecular complexity index is 336. The van der Waals surface area contributed by atoms with Gasteiger partial charge in [-0.1, -0.05) is 15.9 Å². The van der Waals surface area contributed by atoms with E-state index in [1.54, 1.807) is 6.07 Å². The summed E-state index contributed by atoms with van der Waals surface area (Å²) in [6, 6.07) is 3.22. The lowest BCUT2D eigenvalue weighted by atomic mass is 10.1. The van der Waals surface area contributed by atoms with Gasteiger partial charge in [-0.25, -0.2) is 4.39 Å². The molecule has 0 aliphatic heterocycles. The molecule has 0 aliphatic rings. The van der Waals surface area contributed by atoms with Crippen molar-refractivity contribution < 1.29 is 14.3 Å². The van der Waals surface area contributed by atoms with E-state index in [0.29, 0.717) is 10.0 Å². The maximum atomic E-state index is 12.9. The van der Waals surface area contributed by atoms with E-state index >= 15 is 0 Å². The van der Waals surface area contributed by atoms with Crippen LogP contribution in [0.25, 0.3) is 0 Å². The molecule has 1 aromatic rings. The molecular weight excluding hydrogens is 253 g/mol. The first-order chi connectivity index (χ1) is 6.49. The number of hydrogen-bond donors (Lipinski definition) is 2. The minimum Gasteiger partial charge on any atom is -0.480 e. The van der Waals surface area contributed by atoms with Crippen molar-refractivity contribution in [2.75, 3.05) is 0 Å². The Labute approximate surface area is 88.9 Å². The van der Waals surface area contributed by atoms with Crippen LogP contribution in [-0.4, -0.2) is 17.1 Å². The molecule has 76 valence electrons. The van der Waals surface area contributed by atoms with E-state index in [0.717, 1.165) is 0 Å². The van der Waals surface area contributed by atoms with Gasteiger partial charge in [-0.05, 0) is 30.2 Å². The van der Waals surface area contributed by atoms with E-state index in [9.17, 15) is 9.18 Å². The van der Waals surface area contributed by atoms with Crippen LogP contribution in [0.15, 0.2) is 22.7 Å². The van der Waals surface area contributed by atoms with Crippen molar-refractivity contribution in [3.05, 3.63) is 34.1 Å². The lowest BCUT2D eigenvalue weighted by molar-refractivity contribution is -0.138. The minimum atomic E-state index is -1.09. The van der Waals surface area contributed by atoms with Crippen LogP contribution in [0.2, 0.25) is 0 Å². The Balaban J connectivity index is 2.81. The second kappa shape index (κ2) is 4.52. The van der Waals surface area contributed by atoms with Crippen LogP contribution in [0, 0.1) is 5.82 Å². The van der Waals surface area contributed by atoms with Crippen molar-refractivity contribution in [3.8, 4) is 0 Å². The molecule has 1 rings (SSSR count). The molecule has 0 amide bonds. The Morgan fingerprint density at radius 3 is 2.71 bits per heavy atom. The molecule has 0 radical (unpaired) electrons. The van der Waals surface area contributed by atoms with Crippen LogP contribution in [-0.2, 0) is 11.2 Å². The molecular formula is C9H9BrFNO2. The SMILES string of the molecule is NC(Cc1cc(F)cc(Br)c1)C(=O)O. The van der Waals surface area contributed by atoms with E-state index in [1.807, 2.05) is 0 Å². The quantitative estimate of drug-likeness (QED) is 0.868. The van der Waals surface area contributed by atoms with Crippen LogP contribution in [0.3, 0.4) is 0 Å². The van der Waals surface area contributed by atoms with Gasteiger partial charge in [0.2, 0.25) is 0 Å². The van der Waals surface area contributed by atoms with Crippen molar-refractivity contribution >= 4 is 21.9 Å². The smallest absolute Gasteiger partial charge is 0.320 e. The van der Waals surface area contributed by atoms with E-state index in [-0.39, 0.29) is 6.42 Å². The third kappa shape index (κ3) is 3.08. The van der Waals surface area contributed by atoms with Gasteiger partial charge < -0.3 is 10.8 Å². The van der Waals surface area contributed by atoms with Crippen molar-refractivity contribution in [1.82, 2.24) is 0 Å². The number of carbonyl (C=O) groups is 1. The van der Waals surface area contributed by atoms with Crippen LogP contribution >= 0.6 is 15.9 Å². The summed E-state index contributed by atoms with van der Waals surface area (Å²) < 4.78 is 13.4. The number of nitrogens with two attached hydrogens (primary N) is 1. The summed E-state index contributed by atoms with van der Waals surface area (Å²) >= 11 is 3.11. The van der Waals surface area contributed by atoms with Crippen LogP contribution in [0.4, 0.5) is 4.39 Å². The standard InChI is InChI=1S/C9H9BrFNO2/c10-6-1-5(2-7(11)4-6)3-8(12)9(13)14/h1-2,4,8H,3,12H2,(H,13,14). The zero-order valence-electron chi connectivity index (χ0n) is 7.21. The molecule has 3 N–H and O–H groups in total. The molecule has 14 heavy (non-hydrogen) atoms. The zero-order valence-corrected chi connectivity index (χ0v) is 8.79. The number of aliphatic carboxylic acids is 1. The van der Waals surface area contributed by atoms with Gasteiger partial charge in [-0.15, -0.1) is 0 Å². The maximum absolute atomic E-state index is 12.9. The predicted octanol–water partition coefficient (Wildman–Crippen LogP) is 1.54. The van der Waals surface area contributed by atoms with Gasteiger partial charge in [0, 0.05) is 4.47 Å². The summed E-state index contributed by atoms with van der Waals surface area (Å²) in [7, 11) is 0. The highest BCUT2D eigenvalue weighted by atomic mass is 79.9. The molecule has 0 saturated heterocycles. The highest BCUT2D eigenvalue weighted by Gasteiger charge is 2.12. The fourth-order valence-electron chi connectivity index (χ4n) is 1.07. The third-order valence-electron chi connectivity index (χ3n) is 1.70. The van der Waals surface area contributed by atoms with Crippen LogP contribution in [0.1, 0.15) is 5.56 Å². The first kappa shape index (κ1) is 11.1. The van der Waals surface area contributed by atoms with Gasteiger partial charge in [-0.2, -0.15) is 0 Å². The van der Waals surface area contributed by atoms with E-state index in [2.05, 4.69) is 15.9 Å². The molecule has 1 atom stereocenters. The molecule has 0 heterocycles. The highest BCUT2D eigenvalue weighted by Crippen LogP contribution is 2.15. The number of hydrogen-bond acceptors (Lipinski definition) is 2. The molecule has 5 heteroatoms. The molecule has 0 aliphatic carbocycles. The summed E-state index contributed by atoms with van der Waals surface area (Å²) in [5.74, 6) is -1.50. The van der Waals surface area contributed by atoms with Gasteiger partial charge in [0.1, 0.15) is 11.9 Å². The molecule has 0 fully saturated rings. The Kier molecular flexibility index (Phi) is 3.60. The van der Waals surface area contributed by atoms with Crippen molar-refractivity contribution in [2.45, 2.75) is 12.5 Å².